The molecule has 16 heteroatoms. The third-order valence-electron chi connectivity index (χ3n) is 5.38. The molecule has 12 N–H and O–H groups in total. The Morgan fingerprint density at radius 3 is 1.68 bits per heavy atom. The average Bonchev–Trinajstić information content (AvgIpc) is 2.83. The van der Waals surface area contributed by atoms with Crippen molar-refractivity contribution in [2.24, 2.45) is 17.2 Å². The molecule has 0 rings (SSSR count). The number of amides is 5. The average molecular weight is 546 g/mol. The molecule has 216 valence electrons. The second-order valence-corrected chi connectivity index (χ2v) is 8.75. The molecule has 0 bridgehead atoms. The van der Waals surface area contributed by atoms with Gasteiger partial charge in [0.1, 0.15) is 24.2 Å². The molecule has 38 heavy (non-hydrogen) atoms. The molecule has 0 aromatic carbocycles. The van der Waals surface area contributed by atoms with Gasteiger partial charge in [0.15, 0.2) is 0 Å². The molecule has 0 saturated heterocycles. The number of primary amides is 1. The lowest BCUT2D eigenvalue weighted by Crippen LogP contribution is -2.57. The maximum Gasteiger partial charge on any atom is 0.326 e. The van der Waals surface area contributed by atoms with Gasteiger partial charge < -0.3 is 48.7 Å². The number of nitrogens with two attached hydrogens (primary N) is 3. The number of unbranched alkanes of at least 4 members (excludes halogenated alkanes) is 1. The summed E-state index contributed by atoms with van der Waals surface area (Å²) in [6, 6.07) is -6.08. The quantitative estimate of drug-likeness (QED) is 0.0722. The van der Waals surface area contributed by atoms with E-state index in [1.54, 1.807) is 0 Å². The standard InChI is InChI=1S/C22H39N7O9/c1-11(26-20(35)13(24)6-9-17(31)32)18(33)28-14(7-8-16(25)30)21(36)27-12(2)19(34)29-15(22(37)38)5-3-4-10-23/h11-15H,3-10,23-24H2,1-2H3,(H2,25,30)(H,26,35)(H,27,36)(H,28,33)(H,29,34)(H,31,32)(H,37,38)/t11-,12-,13-,14-,15-/m0/s1. The van der Waals surface area contributed by atoms with Gasteiger partial charge in [-0.05, 0) is 52.5 Å². The highest BCUT2D eigenvalue weighted by atomic mass is 16.4. The van der Waals surface area contributed by atoms with E-state index in [0.717, 1.165) is 0 Å². The van der Waals surface area contributed by atoms with Crippen LogP contribution >= 0.6 is 0 Å². The van der Waals surface area contributed by atoms with E-state index in [1.807, 2.05) is 0 Å². The number of carbonyl (C=O) groups is 7. The summed E-state index contributed by atoms with van der Waals surface area (Å²) < 4.78 is 0. The monoisotopic (exact) mass is 545 g/mol. The van der Waals surface area contributed by atoms with Crippen LogP contribution in [0.25, 0.3) is 0 Å². The normalized spacial score (nSPS) is 14.6. The summed E-state index contributed by atoms with van der Waals surface area (Å²) in [6.07, 6.45) is 0.153. The van der Waals surface area contributed by atoms with E-state index in [4.69, 9.17) is 22.3 Å². The molecule has 16 nitrogen and oxygen atoms in total. The van der Waals surface area contributed by atoms with Gasteiger partial charge in [0, 0.05) is 12.8 Å². The Hall–Kier alpha value is -3.79. The van der Waals surface area contributed by atoms with Crippen molar-refractivity contribution in [3.05, 3.63) is 0 Å². The first-order valence-electron chi connectivity index (χ1n) is 12.1. The van der Waals surface area contributed by atoms with E-state index in [1.165, 1.54) is 13.8 Å². The Bertz CT molecular complexity index is 868. The first kappa shape index (κ1) is 34.2. The Balaban J connectivity index is 5.18. The van der Waals surface area contributed by atoms with Gasteiger partial charge >= 0.3 is 11.9 Å². The highest BCUT2D eigenvalue weighted by Gasteiger charge is 2.29. The molecule has 0 aromatic heterocycles. The molecular formula is C22H39N7O9. The number of rotatable bonds is 19. The van der Waals surface area contributed by atoms with Crippen LogP contribution in [0.2, 0.25) is 0 Å². The summed E-state index contributed by atoms with van der Waals surface area (Å²) in [6.45, 7) is 2.97. The van der Waals surface area contributed by atoms with E-state index in [0.29, 0.717) is 19.4 Å². The maximum atomic E-state index is 12.8. The van der Waals surface area contributed by atoms with Crippen molar-refractivity contribution >= 4 is 41.5 Å². The Morgan fingerprint density at radius 2 is 1.21 bits per heavy atom. The van der Waals surface area contributed by atoms with Crippen molar-refractivity contribution < 1.29 is 43.8 Å². The van der Waals surface area contributed by atoms with Gasteiger partial charge in [-0.15, -0.1) is 0 Å². The van der Waals surface area contributed by atoms with Crippen LogP contribution in [0.3, 0.4) is 0 Å². The van der Waals surface area contributed by atoms with Crippen LogP contribution in [0.5, 0.6) is 0 Å². The van der Waals surface area contributed by atoms with Crippen LogP contribution in [0.4, 0.5) is 0 Å². The van der Waals surface area contributed by atoms with E-state index >= 15 is 0 Å². The van der Waals surface area contributed by atoms with Gasteiger partial charge in [-0.25, -0.2) is 4.79 Å². The zero-order valence-electron chi connectivity index (χ0n) is 21.5. The highest BCUT2D eigenvalue weighted by Crippen LogP contribution is 2.03. The molecule has 0 fully saturated rings. The van der Waals surface area contributed by atoms with Crippen LogP contribution in [0, 0.1) is 0 Å². The molecule has 5 amide bonds. The van der Waals surface area contributed by atoms with E-state index < -0.39 is 71.7 Å². The molecule has 5 atom stereocenters. The van der Waals surface area contributed by atoms with Crippen LogP contribution in [0.15, 0.2) is 0 Å². The molecule has 0 aromatic rings. The summed E-state index contributed by atoms with van der Waals surface area (Å²) in [5, 5.41) is 27.3. The van der Waals surface area contributed by atoms with Gasteiger partial charge in [-0.2, -0.15) is 0 Å². The predicted molar refractivity (Wildman–Crippen MR) is 133 cm³/mol. The van der Waals surface area contributed by atoms with Gasteiger partial charge in [0.05, 0.1) is 6.04 Å². The van der Waals surface area contributed by atoms with Crippen LogP contribution in [-0.4, -0.2) is 88.4 Å². The lowest BCUT2D eigenvalue weighted by atomic mass is 10.1. The maximum absolute atomic E-state index is 12.8. The minimum Gasteiger partial charge on any atom is -0.481 e. The highest BCUT2D eigenvalue weighted by molar-refractivity contribution is 5.95. The SMILES string of the molecule is C[C@H](NC(=O)[C@H](CCC(N)=O)NC(=O)[C@H](C)NC(=O)[C@@H](N)CCC(=O)O)C(=O)N[C@@H](CCCCN)C(=O)O. The predicted octanol–water partition coefficient (Wildman–Crippen LogP) is -3.36. The molecule has 0 spiro atoms. The third-order valence-corrected chi connectivity index (χ3v) is 5.38. The lowest BCUT2D eigenvalue weighted by Gasteiger charge is -2.24. The second-order valence-electron chi connectivity index (χ2n) is 8.75. The molecule has 0 unspecified atom stereocenters. The van der Waals surface area contributed by atoms with Crippen LogP contribution in [-0.2, 0) is 33.6 Å². The number of nitrogens with one attached hydrogen (secondary N) is 4. The fraction of sp³-hybridized carbons (Fsp3) is 0.682. The summed E-state index contributed by atoms with van der Waals surface area (Å²) in [5.74, 6) is -6.39. The van der Waals surface area contributed by atoms with Gasteiger partial charge in [-0.3, -0.25) is 28.8 Å². The first-order valence-corrected chi connectivity index (χ1v) is 12.1. The smallest absolute Gasteiger partial charge is 0.326 e. The summed E-state index contributed by atoms with van der Waals surface area (Å²) >= 11 is 0. The Labute approximate surface area is 219 Å². The fourth-order valence-corrected chi connectivity index (χ4v) is 3.07. The summed E-state index contributed by atoms with van der Waals surface area (Å²) in [4.78, 5) is 83.2. The Morgan fingerprint density at radius 1 is 0.684 bits per heavy atom. The van der Waals surface area contributed by atoms with Crippen molar-refractivity contribution in [1.82, 2.24) is 21.3 Å². The van der Waals surface area contributed by atoms with Crippen LogP contribution < -0.4 is 38.5 Å². The number of hydrogen-bond donors (Lipinski definition) is 9. The second kappa shape index (κ2) is 17.6. The summed E-state index contributed by atoms with van der Waals surface area (Å²) in [5.41, 5.74) is 16.1. The number of carboxylic acid groups (broad SMARTS) is 2. The number of aliphatic carboxylic acids is 2. The zero-order chi connectivity index (χ0) is 29.4. The zero-order valence-corrected chi connectivity index (χ0v) is 21.5. The minimum atomic E-state index is -1.33. The summed E-state index contributed by atoms with van der Waals surface area (Å²) in [7, 11) is 0. The Kier molecular flexibility index (Phi) is 15.9. The third kappa shape index (κ3) is 14.1. The first-order chi connectivity index (χ1) is 17.7. The minimum absolute atomic E-state index is 0.139. The van der Waals surface area contributed by atoms with Gasteiger partial charge in [-0.1, -0.05) is 0 Å². The largest absolute Gasteiger partial charge is 0.481 e. The number of hydrogen-bond acceptors (Lipinski definition) is 9. The van der Waals surface area contributed by atoms with Crippen molar-refractivity contribution in [2.75, 3.05) is 6.54 Å². The molecule has 0 saturated carbocycles. The van der Waals surface area contributed by atoms with Gasteiger partial charge in [0.2, 0.25) is 29.5 Å². The number of carbonyl (C=O) groups excluding carboxylic acids is 5. The molecule has 0 aliphatic rings. The van der Waals surface area contributed by atoms with Crippen molar-refractivity contribution in [1.29, 1.82) is 0 Å². The van der Waals surface area contributed by atoms with E-state index in [2.05, 4.69) is 21.3 Å². The fourth-order valence-electron chi connectivity index (χ4n) is 3.07. The van der Waals surface area contributed by atoms with Crippen LogP contribution in [0.1, 0.15) is 58.8 Å². The molecule has 0 aliphatic carbocycles. The van der Waals surface area contributed by atoms with Crippen molar-refractivity contribution in [3.63, 3.8) is 0 Å². The van der Waals surface area contributed by atoms with E-state index in [-0.39, 0.29) is 32.1 Å². The van der Waals surface area contributed by atoms with Gasteiger partial charge in [0.25, 0.3) is 0 Å². The van der Waals surface area contributed by atoms with Crippen molar-refractivity contribution in [3.8, 4) is 0 Å². The molecule has 0 aliphatic heterocycles. The molecular weight excluding hydrogens is 506 g/mol. The lowest BCUT2D eigenvalue weighted by molar-refractivity contribution is -0.142. The molecule has 0 radical (unpaired) electrons. The topological polar surface area (TPSA) is 286 Å². The molecule has 0 heterocycles. The van der Waals surface area contributed by atoms with Crippen molar-refractivity contribution in [2.45, 2.75) is 89.0 Å². The number of carboxylic acids is 2. The van der Waals surface area contributed by atoms with E-state index in [9.17, 15) is 38.7 Å².